The zero-order chi connectivity index (χ0) is 21.2. The molecule has 6 heteroatoms. The number of aromatic nitrogens is 2. The molecule has 1 saturated carbocycles. The number of hydrogen-bond acceptors (Lipinski definition) is 4. The van der Waals surface area contributed by atoms with Crippen molar-refractivity contribution in [2.24, 2.45) is 0 Å². The highest BCUT2D eigenvalue weighted by Crippen LogP contribution is 2.29. The molecule has 1 N–H and O–H groups in total. The van der Waals surface area contributed by atoms with E-state index in [1.165, 1.54) is 31.2 Å². The van der Waals surface area contributed by atoms with Gasteiger partial charge in [-0.1, -0.05) is 43.2 Å². The highest BCUT2D eigenvalue weighted by Gasteiger charge is 2.32. The number of likely N-dealkylation sites (tertiary alicyclic amines) is 1. The molecular weight excluding hydrogens is 388 g/mol. The first-order valence-electron chi connectivity index (χ1n) is 11.8. The Hall–Kier alpha value is -2.47. The average Bonchev–Trinajstić information content (AvgIpc) is 3.50. The van der Waals surface area contributed by atoms with E-state index < -0.39 is 0 Å². The molecule has 1 amide bonds. The van der Waals surface area contributed by atoms with Gasteiger partial charge in [0, 0.05) is 51.0 Å². The van der Waals surface area contributed by atoms with Crippen LogP contribution in [0.15, 0.2) is 35.1 Å². The monoisotopic (exact) mass is 420 g/mol. The van der Waals surface area contributed by atoms with E-state index in [1.54, 1.807) is 0 Å². The molecule has 5 rings (SSSR count). The lowest BCUT2D eigenvalue weighted by atomic mass is 10.0. The van der Waals surface area contributed by atoms with Crippen LogP contribution in [0.5, 0.6) is 0 Å². The molecule has 2 aromatic rings. The summed E-state index contributed by atoms with van der Waals surface area (Å²) in [6.45, 7) is 3.14. The number of benzene rings is 1. The van der Waals surface area contributed by atoms with Crippen molar-refractivity contribution in [3.8, 4) is 0 Å². The van der Waals surface area contributed by atoms with Crippen LogP contribution in [0.2, 0.25) is 0 Å². The van der Waals surface area contributed by atoms with Gasteiger partial charge in [0.1, 0.15) is 5.82 Å². The number of nitrogens with one attached hydrogen (secondary N) is 1. The van der Waals surface area contributed by atoms with Crippen molar-refractivity contribution in [2.45, 2.75) is 69.9 Å². The van der Waals surface area contributed by atoms with Crippen molar-refractivity contribution in [1.29, 1.82) is 0 Å². The number of hydrogen-bond donors (Lipinski definition) is 1. The van der Waals surface area contributed by atoms with E-state index in [4.69, 9.17) is 4.98 Å². The Morgan fingerprint density at radius 1 is 1.10 bits per heavy atom. The summed E-state index contributed by atoms with van der Waals surface area (Å²) in [5.41, 5.74) is 3.05. The Kier molecular flexibility index (Phi) is 5.90. The summed E-state index contributed by atoms with van der Waals surface area (Å²) >= 11 is 0. The van der Waals surface area contributed by atoms with Gasteiger partial charge in [-0.15, -0.1) is 0 Å². The molecule has 6 nitrogen and oxygen atoms in total. The summed E-state index contributed by atoms with van der Waals surface area (Å²) in [7, 11) is 0. The summed E-state index contributed by atoms with van der Waals surface area (Å²) in [6.07, 6.45) is 8.16. The first kappa shape index (κ1) is 20.4. The van der Waals surface area contributed by atoms with Crippen LogP contribution >= 0.6 is 0 Å². The Morgan fingerprint density at radius 3 is 2.71 bits per heavy atom. The van der Waals surface area contributed by atoms with Crippen LogP contribution in [0.1, 0.15) is 67.1 Å². The molecule has 2 aliphatic heterocycles. The van der Waals surface area contributed by atoms with Crippen molar-refractivity contribution in [1.82, 2.24) is 19.8 Å². The normalized spacial score (nSPS) is 22.1. The zero-order valence-corrected chi connectivity index (χ0v) is 18.2. The lowest BCUT2D eigenvalue weighted by molar-refractivity contribution is -0.130. The fourth-order valence-electron chi connectivity index (χ4n) is 5.50. The van der Waals surface area contributed by atoms with Crippen LogP contribution in [0.25, 0.3) is 0 Å². The first-order chi connectivity index (χ1) is 15.2. The van der Waals surface area contributed by atoms with Crippen LogP contribution < -0.4 is 5.56 Å². The topological polar surface area (TPSA) is 69.3 Å². The summed E-state index contributed by atoms with van der Waals surface area (Å²) in [5.74, 6) is 1.10. The van der Waals surface area contributed by atoms with E-state index >= 15 is 0 Å². The number of aryl methyl sites for hydroxylation is 1. The van der Waals surface area contributed by atoms with Crippen LogP contribution in [0, 0.1) is 0 Å². The molecule has 164 valence electrons. The standard InChI is InChI=1S/C25H32N4O2/c30-23(11-10-18-6-2-1-3-7-18)29-14-12-19(16-29)24-26-22-13-15-28(20-8-4-5-9-20)17-21(22)25(31)27-24/h1-3,6-7,19-20H,4-5,8-17H2,(H,26,27,31)/t19-/m0/s1. The van der Waals surface area contributed by atoms with E-state index in [0.29, 0.717) is 19.0 Å². The minimum absolute atomic E-state index is 0.0246. The summed E-state index contributed by atoms with van der Waals surface area (Å²) in [5, 5.41) is 0. The molecule has 2 fully saturated rings. The van der Waals surface area contributed by atoms with Gasteiger partial charge >= 0.3 is 0 Å². The third-order valence-electron chi connectivity index (χ3n) is 7.36. The molecule has 1 aromatic heterocycles. The summed E-state index contributed by atoms with van der Waals surface area (Å²) in [6, 6.07) is 10.8. The Labute approximate surface area is 183 Å². The number of rotatable bonds is 5. The molecular formula is C25H32N4O2. The van der Waals surface area contributed by atoms with E-state index in [0.717, 1.165) is 56.0 Å². The Balaban J connectivity index is 1.22. The van der Waals surface area contributed by atoms with Gasteiger partial charge in [-0.2, -0.15) is 0 Å². The highest BCUT2D eigenvalue weighted by atomic mass is 16.2. The number of H-pyrrole nitrogens is 1. The predicted molar refractivity (Wildman–Crippen MR) is 120 cm³/mol. The fraction of sp³-hybridized carbons (Fsp3) is 0.560. The van der Waals surface area contributed by atoms with Gasteiger partial charge < -0.3 is 9.88 Å². The van der Waals surface area contributed by atoms with Crippen LogP contribution in [-0.4, -0.2) is 51.4 Å². The maximum absolute atomic E-state index is 12.9. The second-order valence-electron chi connectivity index (χ2n) is 9.35. The first-order valence-corrected chi connectivity index (χ1v) is 11.8. The van der Waals surface area contributed by atoms with Crippen molar-refractivity contribution in [3.05, 3.63) is 63.3 Å². The third kappa shape index (κ3) is 4.45. The number of fused-ring (bicyclic) bond motifs is 1. The lowest BCUT2D eigenvalue weighted by Gasteiger charge is -2.32. The molecule has 31 heavy (non-hydrogen) atoms. The summed E-state index contributed by atoms with van der Waals surface area (Å²) < 4.78 is 0. The largest absolute Gasteiger partial charge is 0.342 e. The smallest absolute Gasteiger partial charge is 0.255 e. The van der Waals surface area contributed by atoms with Gasteiger partial charge in [-0.05, 0) is 31.2 Å². The predicted octanol–water partition coefficient (Wildman–Crippen LogP) is 3.02. The van der Waals surface area contributed by atoms with Gasteiger partial charge in [-0.3, -0.25) is 14.5 Å². The molecule has 0 spiro atoms. The van der Waals surface area contributed by atoms with E-state index in [9.17, 15) is 9.59 Å². The van der Waals surface area contributed by atoms with Crippen molar-refractivity contribution in [3.63, 3.8) is 0 Å². The third-order valence-corrected chi connectivity index (χ3v) is 7.36. The number of carbonyl (C=O) groups excluding carboxylic acids is 1. The molecule has 1 atom stereocenters. The summed E-state index contributed by atoms with van der Waals surface area (Å²) in [4.78, 5) is 37.9. The molecule has 1 aliphatic carbocycles. The van der Waals surface area contributed by atoms with Crippen LogP contribution in [-0.2, 0) is 24.2 Å². The second-order valence-corrected chi connectivity index (χ2v) is 9.35. The van der Waals surface area contributed by atoms with E-state index in [-0.39, 0.29) is 17.4 Å². The van der Waals surface area contributed by atoms with Crippen LogP contribution in [0.3, 0.4) is 0 Å². The molecule has 3 aliphatic rings. The number of nitrogens with zero attached hydrogens (tertiary/aromatic N) is 3. The van der Waals surface area contributed by atoms with Crippen molar-refractivity contribution < 1.29 is 4.79 Å². The van der Waals surface area contributed by atoms with E-state index in [2.05, 4.69) is 22.0 Å². The van der Waals surface area contributed by atoms with Crippen molar-refractivity contribution in [2.75, 3.05) is 19.6 Å². The molecule has 1 saturated heterocycles. The zero-order valence-electron chi connectivity index (χ0n) is 18.2. The average molecular weight is 421 g/mol. The van der Waals surface area contributed by atoms with Gasteiger partial charge in [0.25, 0.3) is 5.56 Å². The number of carbonyl (C=O) groups is 1. The maximum atomic E-state index is 12.9. The Morgan fingerprint density at radius 2 is 1.90 bits per heavy atom. The molecule has 1 aromatic carbocycles. The van der Waals surface area contributed by atoms with Gasteiger partial charge in [-0.25, -0.2) is 4.98 Å². The number of aromatic amines is 1. The Bertz CT molecular complexity index is 981. The van der Waals surface area contributed by atoms with Gasteiger partial charge in [0.2, 0.25) is 5.91 Å². The molecule has 3 heterocycles. The van der Waals surface area contributed by atoms with Gasteiger partial charge in [0.15, 0.2) is 0 Å². The maximum Gasteiger partial charge on any atom is 0.255 e. The highest BCUT2D eigenvalue weighted by molar-refractivity contribution is 5.76. The SMILES string of the molecule is O=C(CCc1ccccc1)N1CC[C@H](c2nc3c(c(=O)[nH]2)CN(C2CCCC2)CC3)C1. The van der Waals surface area contributed by atoms with Crippen molar-refractivity contribution >= 4 is 5.91 Å². The quantitative estimate of drug-likeness (QED) is 0.807. The minimum atomic E-state index is 0.0246. The minimum Gasteiger partial charge on any atom is -0.342 e. The number of amides is 1. The lowest BCUT2D eigenvalue weighted by Crippen LogP contribution is -2.41. The molecule has 0 radical (unpaired) electrons. The molecule has 0 unspecified atom stereocenters. The van der Waals surface area contributed by atoms with Crippen LogP contribution in [0.4, 0.5) is 0 Å². The van der Waals surface area contributed by atoms with Gasteiger partial charge in [0.05, 0.1) is 11.3 Å². The fourth-order valence-corrected chi connectivity index (χ4v) is 5.50. The molecule has 0 bridgehead atoms. The van der Waals surface area contributed by atoms with E-state index in [1.807, 2.05) is 23.1 Å². The second kappa shape index (κ2) is 8.95.